The van der Waals surface area contributed by atoms with Gasteiger partial charge in [-0.05, 0) is 95.4 Å². The fraction of sp³-hybridized carbons (Fsp3) is 0.472. The first-order valence-electron chi connectivity index (χ1n) is 15.6. The molecule has 1 heterocycles. The van der Waals surface area contributed by atoms with Crippen LogP contribution in [-0.2, 0) is 28.7 Å². The number of carbonyl (C=O) groups is 1. The second kappa shape index (κ2) is 14.4. The Morgan fingerprint density at radius 1 is 0.886 bits per heavy atom. The summed E-state index contributed by atoms with van der Waals surface area (Å²) in [5.41, 5.74) is 2.14. The largest absolute Gasteiger partial charge is 0.444 e. The zero-order valence-corrected chi connectivity index (χ0v) is 28.2. The van der Waals surface area contributed by atoms with E-state index in [-0.39, 0.29) is 24.2 Å². The van der Waals surface area contributed by atoms with Crippen molar-refractivity contribution < 1.29 is 22.7 Å². The Labute approximate surface area is 263 Å². The van der Waals surface area contributed by atoms with E-state index in [4.69, 9.17) is 9.16 Å². The molecule has 3 aromatic rings. The summed E-state index contributed by atoms with van der Waals surface area (Å²) in [5.74, 6) is -1.21. The van der Waals surface area contributed by atoms with E-state index in [0.717, 1.165) is 30.0 Å². The molecule has 1 amide bonds. The van der Waals surface area contributed by atoms with Crippen LogP contribution in [-0.4, -0.2) is 54.0 Å². The number of amides is 1. The summed E-state index contributed by atoms with van der Waals surface area (Å²) in [6.45, 7) is 15.3. The van der Waals surface area contributed by atoms with E-state index in [1.54, 1.807) is 0 Å². The van der Waals surface area contributed by atoms with Crippen LogP contribution in [0.1, 0.15) is 57.2 Å². The summed E-state index contributed by atoms with van der Waals surface area (Å²) in [7, 11) is -2.21. The van der Waals surface area contributed by atoms with Crippen LogP contribution in [0.25, 0.3) is 0 Å². The van der Waals surface area contributed by atoms with Gasteiger partial charge in [0.25, 0.3) is 0 Å². The fourth-order valence-electron chi connectivity index (χ4n) is 6.14. The van der Waals surface area contributed by atoms with Gasteiger partial charge in [-0.25, -0.2) is 13.6 Å². The number of halogens is 2. The van der Waals surface area contributed by atoms with Gasteiger partial charge >= 0.3 is 6.09 Å². The van der Waals surface area contributed by atoms with Gasteiger partial charge in [0.2, 0.25) is 0 Å². The molecule has 44 heavy (non-hydrogen) atoms. The van der Waals surface area contributed by atoms with Crippen molar-refractivity contribution in [2.75, 3.05) is 0 Å². The highest BCUT2D eigenvalue weighted by molar-refractivity contribution is 6.69. The third kappa shape index (κ3) is 9.71. The number of benzene rings is 3. The van der Waals surface area contributed by atoms with E-state index in [1.807, 2.05) is 62.1 Å². The van der Waals surface area contributed by atoms with Crippen LogP contribution in [0.4, 0.5) is 13.6 Å². The van der Waals surface area contributed by atoms with E-state index < -0.39 is 31.7 Å². The minimum Gasteiger partial charge on any atom is -0.444 e. The van der Waals surface area contributed by atoms with Gasteiger partial charge in [-0.3, -0.25) is 9.80 Å². The topological polar surface area (TPSA) is 42.0 Å². The molecule has 0 N–H and O–H groups in total. The Balaban J connectivity index is 1.85. The maximum atomic E-state index is 14.6. The molecule has 8 heteroatoms. The number of ether oxygens (including phenoxy) is 1. The maximum Gasteiger partial charge on any atom is 0.410 e. The molecule has 0 aliphatic carbocycles. The van der Waals surface area contributed by atoms with Gasteiger partial charge in [-0.15, -0.1) is 0 Å². The first-order valence-corrected chi connectivity index (χ1v) is 19.1. The molecule has 5 nitrogen and oxygen atoms in total. The number of rotatable bonds is 11. The van der Waals surface area contributed by atoms with Gasteiger partial charge in [0.1, 0.15) is 17.2 Å². The predicted molar refractivity (Wildman–Crippen MR) is 175 cm³/mol. The quantitative estimate of drug-likeness (QED) is 0.201. The lowest BCUT2D eigenvalue weighted by Crippen LogP contribution is -2.58. The third-order valence-corrected chi connectivity index (χ3v) is 8.84. The first kappa shape index (κ1) is 33.8. The molecule has 1 saturated heterocycles. The normalized spacial score (nSPS) is 18.8. The SMILES string of the molecule is CC1CC[C@@H]([C@@H](O[Si](C)(C)C)[C@H](Cc2cc(F)cc(F)c2)N(Cc2ccccc2)Cc2ccccc2)N1C(=O)OC(C)(C)C. The number of hydrogen-bond donors (Lipinski definition) is 0. The summed E-state index contributed by atoms with van der Waals surface area (Å²) >= 11 is 0. The van der Waals surface area contributed by atoms with Gasteiger partial charge < -0.3 is 9.16 Å². The predicted octanol–water partition coefficient (Wildman–Crippen LogP) is 8.59. The van der Waals surface area contributed by atoms with Crippen LogP contribution in [0.2, 0.25) is 19.6 Å². The molecule has 1 unspecified atom stereocenters. The minimum absolute atomic E-state index is 0.0356. The van der Waals surface area contributed by atoms with Crippen LogP contribution in [0.3, 0.4) is 0 Å². The van der Waals surface area contributed by atoms with E-state index >= 15 is 0 Å². The number of nitrogens with zero attached hydrogens (tertiary/aromatic N) is 2. The molecule has 0 saturated carbocycles. The standard InChI is InChI=1S/C36H48F2N2O3Si/c1-26-18-19-32(40(26)35(41)42-36(2,3)4)34(43-44(5,6)7)33(22-29-20-30(37)23-31(38)21-29)39(24-27-14-10-8-11-15-27)25-28-16-12-9-13-17-28/h8-17,20-21,23,26,32-34H,18-19,22,24-25H2,1-7H3/t26?,32-,33-,34+/m0/s1. The van der Waals surface area contributed by atoms with Crippen LogP contribution < -0.4 is 0 Å². The summed E-state index contributed by atoms with van der Waals surface area (Å²) in [5, 5.41) is 0. The zero-order valence-electron chi connectivity index (χ0n) is 27.2. The number of likely N-dealkylation sites (tertiary alicyclic amines) is 1. The van der Waals surface area contributed by atoms with Crippen LogP contribution in [0.5, 0.6) is 0 Å². The summed E-state index contributed by atoms with van der Waals surface area (Å²) < 4.78 is 42.2. The van der Waals surface area contributed by atoms with E-state index in [1.165, 1.54) is 12.1 Å². The van der Waals surface area contributed by atoms with E-state index in [0.29, 0.717) is 25.1 Å². The highest BCUT2D eigenvalue weighted by atomic mass is 28.4. The summed E-state index contributed by atoms with van der Waals surface area (Å²) in [6.07, 6.45) is 1.11. The molecule has 1 fully saturated rings. The lowest BCUT2D eigenvalue weighted by atomic mass is 9.92. The second-order valence-electron chi connectivity index (χ2n) is 14.0. The van der Waals surface area contributed by atoms with Gasteiger partial charge in [-0.1, -0.05) is 60.7 Å². The molecule has 0 spiro atoms. The molecule has 0 aromatic heterocycles. The van der Waals surface area contributed by atoms with Crippen molar-refractivity contribution in [2.24, 2.45) is 0 Å². The Morgan fingerprint density at radius 3 is 1.89 bits per heavy atom. The number of hydrogen-bond acceptors (Lipinski definition) is 4. The van der Waals surface area contributed by atoms with Gasteiger partial charge in [0.05, 0.1) is 12.1 Å². The highest BCUT2D eigenvalue weighted by Gasteiger charge is 2.47. The molecular formula is C36H48F2N2O3Si. The molecule has 3 aromatic carbocycles. The van der Waals surface area contributed by atoms with Gasteiger partial charge in [-0.2, -0.15) is 0 Å². The average Bonchev–Trinajstić information content (AvgIpc) is 3.31. The maximum absolute atomic E-state index is 14.6. The average molecular weight is 623 g/mol. The van der Waals surface area contributed by atoms with Gasteiger partial charge in [0.15, 0.2) is 8.32 Å². The van der Waals surface area contributed by atoms with Crippen LogP contribution in [0.15, 0.2) is 78.9 Å². The molecule has 0 radical (unpaired) electrons. The van der Waals surface area contributed by atoms with E-state index in [2.05, 4.69) is 55.7 Å². The molecule has 238 valence electrons. The van der Waals surface area contributed by atoms with Crippen LogP contribution in [0, 0.1) is 11.6 Å². The minimum atomic E-state index is -2.21. The Morgan fingerprint density at radius 2 is 1.41 bits per heavy atom. The van der Waals surface area contributed by atoms with Crippen LogP contribution >= 0.6 is 0 Å². The molecule has 0 bridgehead atoms. The van der Waals surface area contributed by atoms with Crippen molar-refractivity contribution >= 4 is 14.4 Å². The Hall–Kier alpha value is -3.07. The first-order chi connectivity index (χ1) is 20.7. The Bertz CT molecular complexity index is 1300. The summed E-state index contributed by atoms with van der Waals surface area (Å²) in [6, 6.07) is 23.5. The lowest BCUT2D eigenvalue weighted by molar-refractivity contribution is -0.0242. The smallest absolute Gasteiger partial charge is 0.410 e. The zero-order chi connectivity index (χ0) is 32.1. The molecule has 4 rings (SSSR count). The van der Waals surface area contributed by atoms with Crippen molar-refractivity contribution in [3.63, 3.8) is 0 Å². The molecule has 1 aliphatic heterocycles. The lowest BCUT2D eigenvalue weighted by Gasteiger charge is -2.45. The monoisotopic (exact) mass is 622 g/mol. The molecular weight excluding hydrogens is 574 g/mol. The number of carbonyl (C=O) groups excluding carboxylic acids is 1. The third-order valence-electron chi connectivity index (χ3n) is 7.86. The van der Waals surface area contributed by atoms with E-state index in [9.17, 15) is 13.6 Å². The van der Waals surface area contributed by atoms with Crippen molar-refractivity contribution in [1.29, 1.82) is 0 Å². The summed E-state index contributed by atoms with van der Waals surface area (Å²) in [4.78, 5) is 17.9. The van der Waals surface area contributed by atoms with Gasteiger partial charge in [0, 0.05) is 31.2 Å². The highest BCUT2D eigenvalue weighted by Crippen LogP contribution is 2.35. The fourth-order valence-corrected chi connectivity index (χ4v) is 7.27. The molecule has 1 aliphatic rings. The Kier molecular flexibility index (Phi) is 11.0. The van der Waals surface area contributed by atoms with Crippen molar-refractivity contribution in [1.82, 2.24) is 9.80 Å². The van der Waals surface area contributed by atoms with Crippen molar-refractivity contribution in [3.8, 4) is 0 Å². The van der Waals surface area contributed by atoms with Crippen molar-refractivity contribution in [3.05, 3.63) is 107 Å². The molecule has 4 atom stereocenters. The van der Waals surface area contributed by atoms with Crippen molar-refractivity contribution in [2.45, 2.75) is 110 Å². The second-order valence-corrected chi connectivity index (χ2v) is 18.5.